The molecule has 1 unspecified atom stereocenters. The molecule has 0 radical (unpaired) electrons. The van der Waals surface area contributed by atoms with Gasteiger partial charge < -0.3 is 10.2 Å². The van der Waals surface area contributed by atoms with Crippen LogP contribution in [0.2, 0.25) is 0 Å². The zero-order chi connectivity index (χ0) is 11.4. The van der Waals surface area contributed by atoms with Gasteiger partial charge in [-0.05, 0) is 65.0 Å². The van der Waals surface area contributed by atoms with Gasteiger partial charge in [0.2, 0.25) is 0 Å². The number of hydrogen-bond donors (Lipinski definition) is 1. The average Bonchev–Trinajstić information content (AvgIpc) is 3.09. The summed E-state index contributed by atoms with van der Waals surface area (Å²) in [6.07, 6.45) is 8.52. The first-order valence-corrected chi connectivity index (χ1v) is 7.23. The fraction of sp³-hybridized carbons (Fsp3) is 1.00. The molecule has 1 heterocycles. The summed E-state index contributed by atoms with van der Waals surface area (Å²) < 4.78 is 0. The van der Waals surface area contributed by atoms with E-state index in [2.05, 4.69) is 24.1 Å². The van der Waals surface area contributed by atoms with E-state index in [1.54, 1.807) is 0 Å². The highest BCUT2D eigenvalue weighted by Gasteiger charge is 2.25. The van der Waals surface area contributed by atoms with Crippen molar-refractivity contribution in [3.63, 3.8) is 0 Å². The van der Waals surface area contributed by atoms with Crippen molar-refractivity contribution in [3.05, 3.63) is 0 Å². The van der Waals surface area contributed by atoms with Crippen LogP contribution in [-0.2, 0) is 0 Å². The second-order valence-corrected chi connectivity index (χ2v) is 5.97. The molecule has 0 aromatic rings. The molecule has 1 N–H and O–H groups in total. The summed E-state index contributed by atoms with van der Waals surface area (Å²) in [6.45, 7) is 8.58. The number of hydrogen-bond acceptors (Lipinski definition) is 2. The Bertz CT molecular complexity index is 193. The van der Waals surface area contributed by atoms with Crippen LogP contribution in [0.25, 0.3) is 0 Å². The molecule has 16 heavy (non-hydrogen) atoms. The van der Waals surface area contributed by atoms with E-state index in [-0.39, 0.29) is 0 Å². The summed E-state index contributed by atoms with van der Waals surface area (Å²) in [5, 5.41) is 3.66. The van der Waals surface area contributed by atoms with Crippen LogP contribution < -0.4 is 5.32 Å². The van der Waals surface area contributed by atoms with Crippen molar-refractivity contribution in [2.45, 2.75) is 64.5 Å². The molecule has 2 heteroatoms. The molecule has 1 atom stereocenters. The fourth-order valence-corrected chi connectivity index (χ4v) is 2.68. The fourth-order valence-electron chi connectivity index (χ4n) is 2.68. The van der Waals surface area contributed by atoms with Crippen molar-refractivity contribution >= 4 is 0 Å². The Balaban J connectivity index is 1.67. The van der Waals surface area contributed by atoms with Gasteiger partial charge in [-0.1, -0.05) is 6.42 Å². The van der Waals surface area contributed by atoms with Crippen molar-refractivity contribution in [2.24, 2.45) is 5.92 Å². The van der Waals surface area contributed by atoms with Gasteiger partial charge >= 0.3 is 0 Å². The molecule has 0 bridgehead atoms. The van der Waals surface area contributed by atoms with Gasteiger partial charge in [-0.25, -0.2) is 0 Å². The molecule has 94 valence electrons. The predicted octanol–water partition coefficient (Wildman–Crippen LogP) is 2.64. The smallest absolute Gasteiger partial charge is 0.00792 e. The maximum Gasteiger partial charge on any atom is 0.00792 e. The van der Waals surface area contributed by atoms with E-state index >= 15 is 0 Å². The molecule has 1 saturated carbocycles. The summed E-state index contributed by atoms with van der Waals surface area (Å²) in [5.74, 6) is 1.03. The van der Waals surface area contributed by atoms with Crippen LogP contribution in [0.5, 0.6) is 0 Å². The summed E-state index contributed by atoms with van der Waals surface area (Å²) >= 11 is 0. The normalized spacial score (nSPS) is 26.6. The zero-order valence-electron chi connectivity index (χ0n) is 11.0. The van der Waals surface area contributed by atoms with Gasteiger partial charge in [-0.3, -0.25) is 0 Å². The van der Waals surface area contributed by atoms with Gasteiger partial charge in [0.15, 0.2) is 0 Å². The Labute approximate surface area is 101 Å². The van der Waals surface area contributed by atoms with E-state index in [0.29, 0.717) is 0 Å². The van der Waals surface area contributed by atoms with Crippen LogP contribution in [0.15, 0.2) is 0 Å². The standard InChI is InChI=1S/C14H28N2/c1-12(2)16(11-13-6-7-13)10-8-14-5-3-4-9-15-14/h12-15H,3-11H2,1-2H3. The summed E-state index contributed by atoms with van der Waals surface area (Å²) in [4.78, 5) is 2.69. The largest absolute Gasteiger partial charge is 0.314 e. The highest BCUT2D eigenvalue weighted by Crippen LogP contribution is 2.30. The summed E-state index contributed by atoms with van der Waals surface area (Å²) in [6, 6.07) is 1.53. The first-order valence-electron chi connectivity index (χ1n) is 7.23. The van der Waals surface area contributed by atoms with E-state index < -0.39 is 0 Å². The third-order valence-corrected chi connectivity index (χ3v) is 4.10. The lowest BCUT2D eigenvalue weighted by Crippen LogP contribution is -2.40. The summed E-state index contributed by atoms with van der Waals surface area (Å²) in [5.41, 5.74) is 0. The monoisotopic (exact) mass is 224 g/mol. The first kappa shape index (κ1) is 12.4. The van der Waals surface area contributed by atoms with Crippen molar-refractivity contribution in [3.8, 4) is 0 Å². The third-order valence-electron chi connectivity index (χ3n) is 4.10. The number of nitrogens with zero attached hydrogens (tertiary/aromatic N) is 1. The maximum absolute atomic E-state index is 3.66. The highest BCUT2D eigenvalue weighted by molar-refractivity contribution is 4.80. The van der Waals surface area contributed by atoms with E-state index in [9.17, 15) is 0 Å². The highest BCUT2D eigenvalue weighted by atomic mass is 15.2. The molecule has 0 aromatic heterocycles. The van der Waals surface area contributed by atoms with Crippen LogP contribution >= 0.6 is 0 Å². The molecule has 1 saturated heterocycles. The van der Waals surface area contributed by atoms with Crippen LogP contribution in [0.4, 0.5) is 0 Å². The molecule has 2 aliphatic rings. The van der Waals surface area contributed by atoms with E-state index in [1.807, 2.05) is 0 Å². The van der Waals surface area contributed by atoms with Crippen molar-refractivity contribution in [2.75, 3.05) is 19.6 Å². The first-order chi connectivity index (χ1) is 7.75. The van der Waals surface area contributed by atoms with Gasteiger partial charge in [0.25, 0.3) is 0 Å². The Hall–Kier alpha value is -0.0800. The van der Waals surface area contributed by atoms with Gasteiger partial charge in [-0.15, -0.1) is 0 Å². The predicted molar refractivity (Wildman–Crippen MR) is 69.7 cm³/mol. The van der Waals surface area contributed by atoms with Crippen LogP contribution in [0.1, 0.15) is 52.4 Å². The van der Waals surface area contributed by atoms with Crippen molar-refractivity contribution in [1.82, 2.24) is 10.2 Å². The van der Waals surface area contributed by atoms with E-state index in [1.165, 1.54) is 58.2 Å². The molecule has 2 nitrogen and oxygen atoms in total. The minimum absolute atomic E-state index is 0.726. The van der Waals surface area contributed by atoms with Crippen molar-refractivity contribution in [1.29, 1.82) is 0 Å². The zero-order valence-corrected chi connectivity index (χ0v) is 11.0. The molecular weight excluding hydrogens is 196 g/mol. The molecule has 0 amide bonds. The van der Waals surface area contributed by atoms with Crippen LogP contribution in [0.3, 0.4) is 0 Å². The SMILES string of the molecule is CC(C)N(CCC1CCCCN1)CC1CC1. The molecule has 0 aromatic carbocycles. The second kappa shape index (κ2) is 6.02. The van der Waals surface area contributed by atoms with Gasteiger partial charge in [0, 0.05) is 18.6 Å². The van der Waals surface area contributed by atoms with E-state index in [4.69, 9.17) is 0 Å². The number of nitrogens with one attached hydrogen (secondary N) is 1. The maximum atomic E-state index is 3.66. The molecule has 1 aliphatic heterocycles. The summed E-state index contributed by atoms with van der Waals surface area (Å²) in [7, 11) is 0. The molecule has 2 fully saturated rings. The van der Waals surface area contributed by atoms with Gasteiger partial charge in [0.1, 0.15) is 0 Å². The van der Waals surface area contributed by atoms with Gasteiger partial charge in [-0.2, -0.15) is 0 Å². The average molecular weight is 224 g/mol. The van der Waals surface area contributed by atoms with Crippen molar-refractivity contribution < 1.29 is 0 Å². The lowest BCUT2D eigenvalue weighted by molar-refractivity contribution is 0.196. The van der Waals surface area contributed by atoms with Crippen LogP contribution in [0, 0.1) is 5.92 Å². The molecular formula is C14H28N2. The van der Waals surface area contributed by atoms with Gasteiger partial charge in [0.05, 0.1) is 0 Å². The lowest BCUT2D eigenvalue weighted by atomic mass is 10.0. The second-order valence-electron chi connectivity index (χ2n) is 5.97. The minimum atomic E-state index is 0.726. The quantitative estimate of drug-likeness (QED) is 0.746. The molecule has 2 rings (SSSR count). The van der Waals surface area contributed by atoms with E-state index in [0.717, 1.165) is 18.0 Å². The Morgan fingerprint density at radius 3 is 2.56 bits per heavy atom. The lowest BCUT2D eigenvalue weighted by Gasteiger charge is -2.30. The topological polar surface area (TPSA) is 15.3 Å². The third kappa shape index (κ3) is 4.06. The molecule has 0 spiro atoms. The number of piperidine rings is 1. The van der Waals surface area contributed by atoms with Crippen LogP contribution in [-0.4, -0.2) is 36.6 Å². The Morgan fingerprint density at radius 1 is 1.19 bits per heavy atom. The minimum Gasteiger partial charge on any atom is -0.314 e. The molecule has 1 aliphatic carbocycles. The Kier molecular flexibility index (Phi) is 4.66. The Morgan fingerprint density at radius 2 is 2.00 bits per heavy atom. The number of rotatable bonds is 6.